The van der Waals surface area contributed by atoms with Crippen LogP contribution in [0.3, 0.4) is 0 Å². The van der Waals surface area contributed by atoms with Gasteiger partial charge in [-0.05, 0) is 11.8 Å². The molecule has 88 valence electrons. The Kier molecular flexibility index (Phi) is 4.17. The van der Waals surface area contributed by atoms with Crippen LogP contribution < -0.4 is 0 Å². The molecule has 0 spiro atoms. The van der Waals surface area contributed by atoms with Crippen LogP contribution in [0, 0.1) is 0 Å². The fourth-order valence-electron chi connectivity index (χ4n) is 1.03. The lowest BCUT2D eigenvalue weighted by atomic mass is 10.2. The van der Waals surface area contributed by atoms with Crippen molar-refractivity contribution < 1.29 is 18.4 Å². The van der Waals surface area contributed by atoms with Crippen molar-refractivity contribution in [3.05, 3.63) is 23.5 Å². The fourth-order valence-corrected chi connectivity index (χ4v) is 1.81. The predicted octanol–water partition coefficient (Wildman–Crippen LogP) is 3.02. The average molecular weight is 250 g/mol. The molecule has 0 unspecified atom stereocenters. The van der Waals surface area contributed by atoms with Crippen LogP contribution in [-0.4, -0.2) is 22.2 Å². The van der Waals surface area contributed by atoms with Gasteiger partial charge < -0.3 is 5.21 Å². The monoisotopic (exact) mass is 250 g/mol. The summed E-state index contributed by atoms with van der Waals surface area (Å²) in [6.07, 6.45) is -2.68. The van der Waals surface area contributed by atoms with E-state index < -0.39 is 11.7 Å². The number of halogens is 3. The van der Waals surface area contributed by atoms with Crippen LogP contribution in [0.4, 0.5) is 13.2 Å². The molecule has 0 aromatic carbocycles. The molecule has 0 aliphatic heterocycles. The molecule has 0 saturated heterocycles. The number of aromatic nitrogens is 1. The van der Waals surface area contributed by atoms with Crippen molar-refractivity contribution in [1.82, 2.24) is 4.98 Å². The summed E-state index contributed by atoms with van der Waals surface area (Å²) in [5, 5.41) is 11.1. The SMILES string of the molecule is CCSc1cc(C(F)(F)F)cnc1/C=N/O. The van der Waals surface area contributed by atoms with Crippen molar-refractivity contribution >= 4 is 18.0 Å². The number of pyridine rings is 1. The molecular formula is C9H9F3N2OS. The second-order valence-corrected chi connectivity index (χ2v) is 4.09. The molecule has 3 nitrogen and oxygen atoms in total. The predicted molar refractivity (Wildman–Crippen MR) is 55.0 cm³/mol. The van der Waals surface area contributed by atoms with Crippen LogP contribution in [-0.2, 0) is 6.18 Å². The van der Waals surface area contributed by atoms with E-state index in [1.165, 1.54) is 11.8 Å². The highest BCUT2D eigenvalue weighted by molar-refractivity contribution is 7.99. The molecule has 0 amide bonds. The van der Waals surface area contributed by atoms with Gasteiger partial charge in [-0.3, -0.25) is 4.98 Å². The number of alkyl halides is 3. The smallest absolute Gasteiger partial charge is 0.411 e. The van der Waals surface area contributed by atoms with Crippen LogP contribution in [0.2, 0.25) is 0 Å². The third-order valence-corrected chi connectivity index (χ3v) is 2.62. The largest absolute Gasteiger partial charge is 0.417 e. The quantitative estimate of drug-likeness (QED) is 0.388. The fraction of sp³-hybridized carbons (Fsp3) is 0.333. The molecule has 1 N–H and O–H groups in total. The Labute approximate surface area is 94.4 Å². The van der Waals surface area contributed by atoms with Crippen LogP contribution in [0.1, 0.15) is 18.2 Å². The minimum atomic E-state index is -4.41. The van der Waals surface area contributed by atoms with Crippen molar-refractivity contribution in [3.8, 4) is 0 Å². The highest BCUT2D eigenvalue weighted by atomic mass is 32.2. The number of hydrogen-bond donors (Lipinski definition) is 1. The normalized spacial score (nSPS) is 12.2. The highest BCUT2D eigenvalue weighted by Crippen LogP contribution is 2.32. The molecule has 1 aromatic heterocycles. The van der Waals surface area contributed by atoms with Crippen molar-refractivity contribution in [3.63, 3.8) is 0 Å². The third-order valence-electron chi connectivity index (χ3n) is 1.69. The lowest BCUT2D eigenvalue weighted by molar-refractivity contribution is -0.138. The first-order valence-corrected chi connectivity index (χ1v) is 5.35. The second-order valence-electron chi connectivity index (χ2n) is 2.78. The molecule has 7 heteroatoms. The van der Waals surface area contributed by atoms with E-state index in [4.69, 9.17) is 5.21 Å². The molecule has 1 rings (SSSR count). The van der Waals surface area contributed by atoms with Gasteiger partial charge in [0.1, 0.15) is 0 Å². The van der Waals surface area contributed by atoms with Gasteiger partial charge in [-0.2, -0.15) is 13.2 Å². The van der Waals surface area contributed by atoms with E-state index in [0.29, 0.717) is 10.6 Å². The second kappa shape index (κ2) is 5.20. The van der Waals surface area contributed by atoms with E-state index in [1.54, 1.807) is 0 Å². The molecule has 0 saturated carbocycles. The van der Waals surface area contributed by atoms with E-state index in [-0.39, 0.29) is 5.69 Å². The number of hydrogen-bond acceptors (Lipinski definition) is 4. The molecule has 0 radical (unpaired) electrons. The third kappa shape index (κ3) is 3.13. The molecule has 0 atom stereocenters. The van der Waals surface area contributed by atoms with Gasteiger partial charge in [0, 0.05) is 11.1 Å². The molecule has 16 heavy (non-hydrogen) atoms. The van der Waals surface area contributed by atoms with E-state index >= 15 is 0 Å². The minimum absolute atomic E-state index is 0.224. The van der Waals surface area contributed by atoms with Gasteiger partial charge in [0.05, 0.1) is 17.5 Å². The van der Waals surface area contributed by atoms with Gasteiger partial charge in [0.15, 0.2) is 0 Å². The molecule has 0 aliphatic rings. The number of thioether (sulfide) groups is 1. The van der Waals surface area contributed by atoms with Gasteiger partial charge in [0.2, 0.25) is 0 Å². The Morgan fingerprint density at radius 3 is 2.75 bits per heavy atom. The summed E-state index contributed by atoms with van der Waals surface area (Å²) in [6.45, 7) is 1.81. The topological polar surface area (TPSA) is 45.5 Å². The van der Waals surface area contributed by atoms with Crippen molar-refractivity contribution in [2.75, 3.05) is 5.75 Å². The zero-order chi connectivity index (χ0) is 12.2. The molecule has 1 heterocycles. The lowest BCUT2D eigenvalue weighted by Gasteiger charge is -2.09. The Bertz CT molecular complexity index is 393. The maximum atomic E-state index is 12.4. The summed E-state index contributed by atoms with van der Waals surface area (Å²) in [5.41, 5.74) is -0.583. The van der Waals surface area contributed by atoms with Gasteiger partial charge in [-0.25, -0.2) is 0 Å². The standard InChI is InChI=1S/C9H9F3N2OS/c1-2-16-8-3-6(9(10,11)12)4-13-7(8)5-14-15/h3-5,15H,2H2,1H3/b14-5+. The number of oxime groups is 1. The number of nitrogens with zero attached hydrogens (tertiary/aromatic N) is 2. The van der Waals surface area contributed by atoms with Gasteiger partial charge in [-0.15, -0.1) is 11.8 Å². The summed E-state index contributed by atoms with van der Waals surface area (Å²) >= 11 is 1.21. The minimum Gasteiger partial charge on any atom is -0.411 e. The average Bonchev–Trinajstić information content (AvgIpc) is 2.19. The first-order valence-electron chi connectivity index (χ1n) is 4.36. The first kappa shape index (κ1) is 12.8. The first-order chi connectivity index (χ1) is 7.49. The Morgan fingerprint density at radius 1 is 1.56 bits per heavy atom. The van der Waals surface area contributed by atoms with Crippen LogP contribution in [0.15, 0.2) is 22.3 Å². The van der Waals surface area contributed by atoms with Crippen LogP contribution in [0.25, 0.3) is 0 Å². The van der Waals surface area contributed by atoms with Crippen molar-refractivity contribution in [2.24, 2.45) is 5.16 Å². The maximum Gasteiger partial charge on any atom is 0.417 e. The highest BCUT2D eigenvalue weighted by Gasteiger charge is 2.31. The zero-order valence-corrected chi connectivity index (χ0v) is 9.14. The van der Waals surface area contributed by atoms with Crippen molar-refractivity contribution in [2.45, 2.75) is 18.0 Å². The zero-order valence-electron chi connectivity index (χ0n) is 8.32. The molecular weight excluding hydrogens is 241 g/mol. The summed E-state index contributed by atoms with van der Waals surface area (Å²) in [4.78, 5) is 3.95. The van der Waals surface area contributed by atoms with Crippen LogP contribution >= 0.6 is 11.8 Å². The van der Waals surface area contributed by atoms with E-state index in [0.717, 1.165) is 18.5 Å². The number of rotatable bonds is 3. The maximum absolute atomic E-state index is 12.4. The Balaban J connectivity index is 3.17. The van der Waals surface area contributed by atoms with E-state index in [9.17, 15) is 13.2 Å². The van der Waals surface area contributed by atoms with E-state index in [1.807, 2.05) is 6.92 Å². The summed E-state index contributed by atoms with van der Waals surface area (Å²) < 4.78 is 37.2. The van der Waals surface area contributed by atoms with Gasteiger partial charge >= 0.3 is 6.18 Å². The Morgan fingerprint density at radius 2 is 2.25 bits per heavy atom. The van der Waals surface area contributed by atoms with Crippen LogP contribution in [0.5, 0.6) is 0 Å². The summed E-state index contributed by atoms with van der Waals surface area (Å²) in [7, 11) is 0. The Hall–Kier alpha value is -1.24. The summed E-state index contributed by atoms with van der Waals surface area (Å²) in [6, 6.07) is 0.998. The molecule has 0 fully saturated rings. The lowest BCUT2D eigenvalue weighted by Crippen LogP contribution is -2.07. The van der Waals surface area contributed by atoms with Crippen molar-refractivity contribution in [1.29, 1.82) is 0 Å². The van der Waals surface area contributed by atoms with Gasteiger partial charge in [0.25, 0.3) is 0 Å². The summed E-state index contributed by atoms with van der Waals surface area (Å²) in [5.74, 6) is 0.606. The van der Waals surface area contributed by atoms with Gasteiger partial charge in [-0.1, -0.05) is 12.1 Å². The van der Waals surface area contributed by atoms with E-state index in [2.05, 4.69) is 10.1 Å². The molecule has 0 bridgehead atoms. The molecule has 1 aromatic rings. The molecule has 0 aliphatic carbocycles.